The Morgan fingerprint density at radius 2 is 2.38 bits per heavy atom. The monoisotopic (exact) mass is 113 g/mol. The van der Waals surface area contributed by atoms with Gasteiger partial charge in [-0.05, 0) is 13.1 Å². The molecule has 46 valence electrons. The van der Waals surface area contributed by atoms with Crippen molar-refractivity contribution in [2.75, 3.05) is 13.6 Å². The molecule has 0 atom stereocenters. The molecule has 0 spiro atoms. The van der Waals surface area contributed by atoms with Crippen LogP contribution in [0.4, 0.5) is 0 Å². The van der Waals surface area contributed by atoms with E-state index in [2.05, 4.69) is 6.58 Å². The van der Waals surface area contributed by atoms with Crippen LogP contribution in [0.15, 0.2) is 12.8 Å². The van der Waals surface area contributed by atoms with E-state index in [4.69, 9.17) is 0 Å². The summed E-state index contributed by atoms with van der Waals surface area (Å²) in [6.45, 7) is 5.50. The second-order valence-electron chi connectivity index (χ2n) is 1.80. The van der Waals surface area contributed by atoms with Crippen LogP contribution in [-0.4, -0.2) is 24.3 Å². The largest absolute Gasteiger partial charge is 0.374 e. The second-order valence-corrected chi connectivity index (χ2v) is 1.80. The lowest BCUT2D eigenvalue weighted by molar-refractivity contribution is -0.117. The van der Waals surface area contributed by atoms with Gasteiger partial charge in [0.15, 0.2) is 0 Å². The van der Waals surface area contributed by atoms with Gasteiger partial charge in [-0.2, -0.15) is 0 Å². The number of hydrogen-bond acceptors (Lipinski definition) is 2. The number of ketones is 1. The molecule has 0 aromatic heterocycles. The predicted molar refractivity (Wildman–Crippen MR) is 33.5 cm³/mol. The Balaban J connectivity index is 3.38. The smallest absolute Gasteiger partial charge is 0.148 e. The first-order chi connectivity index (χ1) is 3.66. The van der Waals surface area contributed by atoms with Crippen LogP contribution in [0, 0.1) is 0 Å². The molecule has 0 N–H and O–H groups in total. The molecule has 2 heteroatoms. The van der Waals surface area contributed by atoms with Gasteiger partial charge in [0.05, 0.1) is 6.54 Å². The average molecular weight is 113 g/mol. The zero-order valence-electron chi connectivity index (χ0n) is 5.35. The molecule has 0 unspecified atom stereocenters. The van der Waals surface area contributed by atoms with Gasteiger partial charge < -0.3 is 4.90 Å². The standard InChI is InChI=1S/C6H11NO/c1-4-7(3)5-6(2)8/h4H,1,5H2,2-3H3. The Morgan fingerprint density at radius 3 is 2.50 bits per heavy atom. The van der Waals surface area contributed by atoms with E-state index in [-0.39, 0.29) is 5.78 Å². The summed E-state index contributed by atoms with van der Waals surface area (Å²) >= 11 is 0. The fourth-order valence-corrected chi connectivity index (χ4v) is 0.416. The molecule has 0 aromatic carbocycles. The van der Waals surface area contributed by atoms with Crippen LogP contribution >= 0.6 is 0 Å². The summed E-state index contributed by atoms with van der Waals surface area (Å²) in [5.74, 6) is 0.160. The number of carbonyl (C=O) groups excluding carboxylic acids is 1. The first-order valence-corrected chi connectivity index (χ1v) is 2.49. The highest BCUT2D eigenvalue weighted by molar-refractivity contribution is 5.77. The van der Waals surface area contributed by atoms with E-state index in [1.165, 1.54) is 0 Å². The van der Waals surface area contributed by atoms with Gasteiger partial charge in [-0.15, -0.1) is 0 Å². The number of hydrogen-bond donors (Lipinski definition) is 0. The number of Topliss-reactive ketones (excluding diaryl/α,β-unsaturated/α-hetero) is 1. The molecule has 0 saturated heterocycles. The van der Waals surface area contributed by atoms with E-state index in [0.717, 1.165) is 0 Å². The van der Waals surface area contributed by atoms with E-state index in [9.17, 15) is 4.79 Å². The molecular formula is C6H11NO. The Morgan fingerprint density at radius 1 is 1.88 bits per heavy atom. The summed E-state index contributed by atoms with van der Waals surface area (Å²) in [6.07, 6.45) is 1.63. The minimum atomic E-state index is 0.160. The normalized spacial score (nSPS) is 8.25. The molecule has 0 aliphatic heterocycles. The Kier molecular flexibility index (Phi) is 2.92. The first-order valence-electron chi connectivity index (χ1n) is 2.49. The van der Waals surface area contributed by atoms with E-state index in [0.29, 0.717) is 6.54 Å². The van der Waals surface area contributed by atoms with Crippen LogP contribution in [0.25, 0.3) is 0 Å². The van der Waals surface area contributed by atoms with Crippen molar-refractivity contribution in [3.8, 4) is 0 Å². The van der Waals surface area contributed by atoms with E-state index >= 15 is 0 Å². The van der Waals surface area contributed by atoms with Crippen LogP contribution in [0.1, 0.15) is 6.92 Å². The van der Waals surface area contributed by atoms with Crippen molar-refractivity contribution in [1.29, 1.82) is 0 Å². The van der Waals surface area contributed by atoms with E-state index in [1.807, 2.05) is 7.05 Å². The number of likely N-dealkylation sites (N-methyl/N-ethyl adjacent to an activating group) is 1. The first kappa shape index (κ1) is 7.21. The van der Waals surface area contributed by atoms with E-state index in [1.54, 1.807) is 18.0 Å². The topological polar surface area (TPSA) is 20.3 Å². The lowest BCUT2D eigenvalue weighted by atomic mass is 10.4. The van der Waals surface area contributed by atoms with Crippen molar-refractivity contribution < 1.29 is 4.79 Å². The van der Waals surface area contributed by atoms with Crippen LogP contribution in [0.5, 0.6) is 0 Å². The fourth-order valence-electron chi connectivity index (χ4n) is 0.416. The number of rotatable bonds is 3. The maximum atomic E-state index is 10.3. The third kappa shape index (κ3) is 3.40. The quantitative estimate of drug-likeness (QED) is 0.535. The third-order valence-electron chi connectivity index (χ3n) is 0.784. The van der Waals surface area contributed by atoms with Gasteiger partial charge >= 0.3 is 0 Å². The van der Waals surface area contributed by atoms with Crippen molar-refractivity contribution >= 4 is 5.78 Å². The Labute approximate surface area is 49.8 Å². The van der Waals surface area contributed by atoms with Gasteiger partial charge in [0, 0.05) is 7.05 Å². The van der Waals surface area contributed by atoms with Gasteiger partial charge in [0.25, 0.3) is 0 Å². The van der Waals surface area contributed by atoms with Crippen LogP contribution in [0.3, 0.4) is 0 Å². The highest BCUT2D eigenvalue weighted by Crippen LogP contribution is 1.80. The number of nitrogens with zero attached hydrogens (tertiary/aromatic N) is 1. The lowest BCUT2D eigenvalue weighted by Crippen LogP contribution is -2.17. The zero-order chi connectivity index (χ0) is 6.57. The van der Waals surface area contributed by atoms with Crippen molar-refractivity contribution in [2.24, 2.45) is 0 Å². The minimum absolute atomic E-state index is 0.160. The zero-order valence-corrected chi connectivity index (χ0v) is 5.35. The molecule has 0 bridgehead atoms. The van der Waals surface area contributed by atoms with Crippen molar-refractivity contribution in [3.05, 3.63) is 12.8 Å². The van der Waals surface area contributed by atoms with Crippen molar-refractivity contribution in [1.82, 2.24) is 4.90 Å². The summed E-state index contributed by atoms with van der Waals surface area (Å²) in [4.78, 5) is 12.1. The van der Waals surface area contributed by atoms with Gasteiger partial charge in [-0.1, -0.05) is 6.58 Å². The van der Waals surface area contributed by atoms with Crippen molar-refractivity contribution in [3.63, 3.8) is 0 Å². The molecule has 2 nitrogen and oxygen atoms in total. The van der Waals surface area contributed by atoms with Gasteiger partial charge in [-0.3, -0.25) is 4.79 Å². The maximum absolute atomic E-state index is 10.3. The predicted octanol–water partition coefficient (Wildman–Crippen LogP) is 0.651. The van der Waals surface area contributed by atoms with Crippen LogP contribution in [0.2, 0.25) is 0 Å². The van der Waals surface area contributed by atoms with Crippen molar-refractivity contribution in [2.45, 2.75) is 6.92 Å². The Hall–Kier alpha value is -0.790. The highest BCUT2D eigenvalue weighted by atomic mass is 16.1. The fraction of sp³-hybridized carbons (Fsp3) is 0.500. The SMILES string of the molecule is C=CN(C)CC(C)=O. The molecule has 8 heavy (non-hydrogen) atoms. The summed E-state index contributed by atoms with van der Waals surface area (Å²) in [7, 11) is 1.81. The summed E-state index contributed by atoms with van der Waals surface area (Å²) in [5.41, 5.74) is 0. The summed E-state index contributed by atoms with van der Waals surface area (Å²) in [5, 5.41) is 0. The molecule has 0 saturated carbocycles. The average Bonchev–Trinajstić information content (AvgIpc) is 1.65. The molecule has 0 aliphatic rings. The summed E-state index contributed by atoms with van der Waals surface area (Å²) in [6, 6.07) is 0. The van der Waals surface area contributed by atoms with E-state index < -0.39 is 0 Å². The van der Waals surface area contributed by atoms with Crippen LogP contribution < -0.4 is 0 Å². The third-order valence-corrected chi connectivity index (χ3v) is 0.784. The molecule has 0 amide bonds. The lowest BCUT2D eigenvalue weighted by Gasteiger charge is -2.08. The Bertz CT molecular complexity index is 98.7. The highest BCUT2D eigenvalue weighted by Gasteiger charge is 1.92. The molecule has 0 radical (unpaired) electrons. The minimum Gasteiger partial charge on any atom is -0.374 e. The van der Waals surface area contributed by atoms with Gasteiger partial charge in [0.2, 0.25) is 0 Å². The number of carbonyl (C=O) groups is 1. The molecular weight excluding hydrogens is 102 g/mol. The summed E-state index contributed by atoms with van der Waals surface area (Å²) < 4.78 is 0. The molecule has 0 heterocycles. The van der Waals surface area contributed by atoms with Gasteiger partial charge in [-0.25, -0.2) is 0 Å². The van der Waals surface area contributed by atoms with Crippen LogP contribution in [-0.2, 0) is 4.79 Å². The molecule has 0 aromatic rings. The molecule has 0 rings (SSSR count). The maximum Gasteiger partial charge on any atom is 0.148 e. The van der Waals surface area contributed by atoms with Gasteiger partial charge in [0.1, 0.15) is 5.78 Å². The molecule has 0 aliphatic carbocycles. The second kappa shape index (κ2) is 3.24. The molecule has 0 fully saturated rings.